The van der Waals surface area contributed by atoms with Crippen LogP contribution in [0.25, 0.3) is 0 Å². The molecule has 0 aliphatic heterocycles. The van der Waals surface area contributed by atoms with Gasteiger partial charge in [-0.3, -0.25) is 9.97 Å². The lowest BCUT2D eigenvalue weighted by molar-refractivity contribution is 0.638. The Morgan fingerprint density at radius 1 is 1.46 bits per heavy atom. The Bertz CT molecular complexity index is 277. The van der Waals surface area contributed by atoms with Crippen molar-refractivity contribution in [2.24, 2.45) is 0 Å². The standard InChI is InChI=1S/C11H17N2/c1-5-10(6-2)11-9(4)12-7-8(3)13-11/h7,10H,1,5-6H2,2-4H3. The van der Waals surface area contributed by atoms with Gasteiger partial charge >= 0.3 is 0 Å². The van der Waals surface area contributed by atoms with E-state index in [1.54, 1.807) is 0 Å². The van der Waals surface area contributed by atoms with Crippen LogP contribution < -0.4 is 0 Å². The minimum atomic E-state index is 0.465. The molecule has 71 valence electrons. The van der Waals surface area contributed by atoms with Crippen molar-refractivity contribution >= 4 is 0 Å². The van der Waals surface area contributed by atoms with Gasteiger partial charge in [-0.15, -0.1) is 0 Å². The van der Waals surface area contributed by atoms with E-state index in [1.165, 1.54) is 0 Å². The number of aryl methyl sites for hydroxylation is 2. The third-order valence-corrected chi connectivity index (χ3v) is 2.34. The normalized spacial score (nSPS) is 10.8. The monoisotopic (exact) mass is 177 g/mol. The van der Waals surface area contributed by atoms with Gasteiger partial charge in [-0.1, -0.05) is 13.8 Å². The second kappa shape index (κ2) is 4.35. The Hall–Kier alpha value is -0.920. The summed E-state index contributed by atoms with van der Waals surface area (Å²) in [6.07, 6.45) is 3.80. The molecule has 1 aromatic heterocycles. The van der Waals surface area contributed by atoms with E-state index in [2.05, 4.69) is 23.8 Å². The van der Waals surface area contributed by atoms with Gasteiger partial charge in [0, 0.05) is 12.1 Å². The highest BCUT2D eigenvalue weighted by molar-refractivity contribution is 5.16. The first kappa shape index (κ1) is 10.2. The van der Waals surface area contributed by atoms with E-state index in [0.717, 1.165) is 29.9 Å². The van der Waals surface area contributed by atoms with E-state index in [4.69, 9.17) is 0 Å². The average molecular weight is 177 g/mol. The maximum atomic E-state index is 4.51. The average Bonchev–Trinajstić information content (AvgIpc) is 2.13. The van der Waals surface area contributed by atoms with E-state index in [-0.39, 0.29) is 0 Å². The minimum absolute atomic E-state index is 0.465. The number of hydrogen-bond donors (Lipinski definition) is 0. The summed E-state index contributed by atoms with van der Waals surface area (Å²) in [6.45, 7) is 10.1. The number of hydrogen-bond acceptors (Lipinski definition) is 2. The second-order valence-electron chi connectivity index (χ2n) is 3.38. The number of aromatic nitrogens is 2. The van der Waals surface area contributed by atoms with Crippen molar-refractivity contribution < 1.29 is 0 Å². The summed E-state index contributed by atoms with van der Waals surface area (Å²) in [7, 11) is 0. The molecule has 0 aliphatic rings. The molecule has 1 unspecified atom stereocenters. The third-order valence-electron chi connectivity index (χ3n) is 2.34. The predicted molar refractivity (Wildman–Crippen MR) is 54.5 cm³/mol. The lowest BCUT2D eigenvalue weighted by Crippen LogP contribution is -2.05. The fraction of sp³-hybridized carbons (Fsp3) is 0.545. The Labute approximate surface area is 80.4 Å². The molecule has 1 atom stereocenters. The van der Waals surface area contributed by atoms with Gasteiger partial charge in [0.05, 0.1) is 17.1 Å². The van der Waals surface area contributed by atoms with Crippen LogP contribution in [0.1, 0.15) is 42.8 Å². The minimum Gasteiger partial charge on any atom is -0.258 e. The molecule has 0 amide bonds. The van der Waals surface area contributed by atoms with Crippen molar-refractivity contribution in [2.45, 2.75) is 39.5 Å². The smallest absolute Gasteiger partial charge is 0.0649 e. The SMILES string of the molecule is [CH2]CC(CC)c1nc(C)cnc1C. The van der Waals surface area contributed by atoms with Gasteiger partial charge in [-0.2, -0.15) is 0 Å². The molecule has 1 rings (SSSR count). The van der Waals surface area contributed by atoms with Crippen molar-refractivity contribution in [2.75, 3.05) is 0 Å². The number of rotatable bonds is 3. The largest absolute Gasteiger partial charge is 0.258 e. The summed E-state index contributed by atoms with van der Waals surface area (Å²) in [4.78, 5) is 8.82. The molecule has 1 radical (unpaired) electrons. The molecular weight excluding hydrogens is 160 g/mol. The predicted octanol–water partition coefficient (Wildman–Crippen LogP) is 2.81. The Morgan fingerprint density at radius 3 is 2.69 bits per heavy atom. The Balaban J connectivity index is 3.03. The maximum Gasteiger partial charge on any atom is 0.0649 e. The van der Waals surface area contributed by atoms with Gasteiger partial charge in [0.25, 0.3) is 0 Å². The quantitative estimate of drug-likeness (QED) is 0.709. The van der Waals surface area contributed by atoms with Gasteiger partial charge < -0.3 is 0 Å². The van der Waals surface area contributed by atoms with Crippen LogP contribution in [0.2, 0.25) is 0 Å². The summed E-state index contributed by atoms with van der Waals surface area (Å²) >= 11 is 0. The zero-order chi connectivity index (χ0) is 9.84. The molecule has 13 heavy (non-hydrogen) atoms. The summed E-state index contributed by atoms with van der Waals surface area (Å²) in [6, 6.07) is 0. The molecule has 0 aliphatic carbocycles. The summed E-state index contributed by atoms with van der Waals surface area (Å²) < 4.78 is 0. The van der Waals surface area contributed by atoms with Crippen molar-refractivity contribution in [1.29, 1.82) is 0 Å². The zero-order valence-electron chi connectivity index (χ0n) is 8.67. The zero-order valence-corrected chi connectivity index (χ0v) is 8.67. The van der Waals surface area contributed by atoms with E-state index in [1.807, 2.05) is 20.0 Å². The fourth-order valence-corrected chi connectivity index (χ4v) is 1.48. The molecule has 2 nitrogen and oxygen atoms in total. The highest BCUT2D eigenvalue weighted by Crippen LogP contribution is 2.22. The molecule has 0 N–H and O–H groups in total. The van der Waals surface area contributed by atoms with Crippen LogP contribution in [0.15, 0.2) is 6.20 Å². The summed E-state index contributed by atoms with van der Waals surface area (Å²) in [5.41, 5.74) is 3.16. The van der Waals surface area contributed by atoms with Crippen LogP contribution in [0.3, 0.4) is 0 Å². The van der Waals surface area contributed by atoms with Crippen molar-refractivity contribution in [3.05, 3.63) is 30.2 Å². The van der Waals surface area contributed by atoms with E-state index < -0.39 is 0 Å². The molecule has 1 aromatic rings. The Kier molecular flexibility index (Phi) is 3.40. The van der Waals surface area contributed by atoms with Gasteiger partial charge in [0.15, 0.2) is 0 Å². The van der Waals surface area contributed by atoms with Crippen LogP contribution in [0.4, 0.5) is 0 Å². The van der Waals surface area contributed by atoms with Crippen LogP contribution in [-0.2, 0) is 0 Å². The Morgan fingerprint density at radius 2 is 2.15 bits per heavy atom. The van der Waals surface area contributed by atoms with Gasteiger partial charge in [0.1, 0.15) is 0 Å². The van der Waals surface area contributed by atoms with Crippen LogP contribution in [0.5, 0.6) is 0 Å². The van der Waals surface area contributed by atoms with E-state index in [0.29, 0.717) is 5.92 Å². The van der Waals surface area contributed by atoms with E-state index in [9.17, 15) is 0 Å². The van der Waals surface area contributed by atoms with Crippen LogP contribution in [0, 0.1) is 20.8 Å². The van der Waals surface area contributed by atoms with Crippen LogP contribution in [-0.4, -0.2) is 9.97 Å². The second-order valence-corrected chi connectivity index (χ2v) is 3.38. The number of nitrogens with zero attached hydrogens (tertiary/aromatic N) is 2. The van der Waals surface area contributed by atoms with Gasteiger partial charge in [0.2, 0.25) is 0 Å². The highest BCUT2D eigenvalue weighted by atomic mass is 14.8. The van der Waals surface area contributed by atoms with Gasteiger partial charge in [-0.05, 0) is 26.7 Å². The maximum absolute atomic E-state index is 4.51. The van der Waals surface area contributed by atoms with Crippen molar-refractivity contribution in [1.82, 2.24) is 9.97 Å². The van der Waals surface area contributed by atoms with Gasteiger partial charge in [-0.25, -0.2) is 0 Å². The molecule has 0 saturated heterocycles. The molecule has 0 saturated carbocycles. The lowest BCUT2D eigenvalue weighted by Gasteiger charge is -2.13. The van der Waals surface area contributed by atoms with Crippen molar-refractivity contribution in [3.8, 4) is 0 Å². The van der Waals surface area contributed by atoms with Crippen molar-refractivity contribution in [3.63, 3.8) is 0 Å². The summed E-state index contributed by atoms with van der Waals surface area (Å²) in [5, 5.41) is 0. The molecule has 1 heterocycles. The third kappa shape index (κ3) is 2.27. The van der Waals surface area contributed by atoms with E-state index >= 15 is 0 Å². The first-order valence-corrected chi connectivity index (χ1v) is 4.78. The molecule has 0 bridgehead atoms. The molecule has 0 aromatic carbocycles. The lowest BCUT2D eigenvalue weighted by atomic mass is 9.97. The summed E-state index contributed by atoms with van der Waals surface area (Å²) in [5.74, 6) is 0.465. The first-order chi connectivity index (χ1) is 6.19. The molecule has 0 spiro atoms. The fourth-order valence-electron chi connectivity index (χ4n) is 1.48. The van der Waals surface area contributed by atoms with Crippen LogP contribution >= 0.6 is 0 Å². The molecule has 2 heteroatoms. The molecule has 0 fully saturated rings. The first-order valence-electron chi connectivity index (χ1n) is 4.78. The topological polar surface area (TPSA) is 25.8 Å². The molecular formula is C11H17N2. The highest BCUT2D eigenvalue weighted by Gasteiger charge is 2.12.